The van der Waals surface area contributed by atoms with Crippen LogP contribution in [0.2, 0.25) is 5.02 Å². The van der Waals surface area contributed by atoms with E-state index in [1.54, 1.807) is 0 Å². The molecule has 1 atom stereocenters. The fraction of sp³-hybridized carbons (Fsp3) is 0.588. The second kappa shape index (κ2) is 9.10. The molecule has 134 valence electrons. The number of aliphatic imine (C=N–C) groups is 1. The van der Waals surface area contributed by atoms with Gasteiger partial charge < -0.3 is 20.3 Å². The molecular weight excluding hydrogens is 439 g/mol. The summed E-state index contributed by atoms with van der Waals surface area (Å²) < 4.78 is 5.34. The van der Waals surface area contributed by atoms with E-state index in [0.717, 1.165) is 57.4 Å². The van der Waals surface area contributed by atoms with E-state index in [1.807, 2.05) is 6.07 Å². The molecule has 2 N–H and O–H groups in total. The summed E-state index contributed by atoms with van der Waals surface area (Å²) in [6.07, 6.45) is 1.14. The molecule has 2 aliphatic heterocycles. The van der Waals surface area contributed by atoms with Crippen LogP contribution in [0.3, 0.4) is 0 Å². The second-order valence-corrected chi connectivity index (χ2v) is 6.77. The highest BCUT2D eigenvalue weighted by Gasteiger charge is 2.24. The van der Waals surface area contributed by atoms with Gasteiger partial charge in [0, 0.05) is 43.4 Å². The SMILES string of the molecule is Cc1ccc(Cl)cc1N1CCC(CN=C(N)N2CCOCC2)C1.I. The van der Waals surface area contributed by atoms with E-state index in [2.05, 4.69) is 33.8 Å². The summed E-state index contributed by atoms with van der Waals surface area (Å²) in [7, 11) is 0. The maximum atomic E-state index is 6.14. The quantitative estimate of drug-likeness (QED) is 0.425. The maximum absolute atomic E-state index is 6.14. The highest BCUT2D eigenvalue weighted by atomic mass is 127. The molecule has 2 aliphatic rings. The van der Waals surface area contributed by atoms with E-state index in [0.29, 0.717) is 11.9 Å². The summed E-state index contributed by atoms with van der Waals surface area (Å²) in [5.41, 5.74) is 8.62. The van der Waals surface area contributed by atoms with Crippen molar-refractivity contribution in [3.63, 3.8) is 0 Å². The van der Waals surface area contributed by atoms with Gasteiger partial charge in [-0.2, -0.15) is 0 Å². The van der Waals surface area contributed by atoms with Crippen LogP contribution in [-0.4, -0.2) is 56.8 Å². The third-order valence-corrected chi connectivity index (χ3v) is 4.88. The Morgan fingerprint density at radius 2 is 2.08 bits per heavy atom. The molecule has 2 fully saturated rings. The van der Waals surface area contributed by atoms with Crippen LogP contribution in [0.4, 0.5) is 5.69 Å². The molecule has 0 bridgehead atoms. The van der Waals surface area contributed by atoms with Crippen LogP contribution in [0.25, 0.3) is 0 Å². The first-order valence-electron chi connectivity index (χ1n) is 8.27. The summed E-state index contributed by atoms with van der Waals surface area (Å²) >= 11 is 6.14. The molecule has 0 saturated carbocycles. The number of nitrogens with zero attached hydrogens (tertiary/aromatic N) is 3. The third-order valence-electron chi connectivity index (χ3n) is 4.64. The minimum Gasteiger partial charge on any atom is -0.378 e. The zero-order valence-electron chi connectivity index (χ0n) is 14.1. The summed E-state index contributed by atoms with van der Waals surface area (Å²) in [5, 5.41) is 0.795. The molecular formula is C17H26ClIN4O. The molecule has 24 heavy (non-hydrogen) atoms. The van der Waals surface area contributed by atoms with Crippen molar-refractivity contribution in [3.8, 4) is 0 Å². The van der Waals surface area contributed by atoms with E-state index in [9.17, 15) is 0 Å². The lowest BCUT2D eigenvalue weighted by atomic mass is 10.1. The molecule has 0 aliphatic carbocycles. The van der Waals surface area contributed by atoms with Crippen molar-refractivity contribution in [1.82, 2.24) is 4.90 Å². The smallest absolute Gasteiger partial charge is 0.191 e. The van der Waals surface area contributed by atoms with E-state index >= 15 is 0 Å². The van der Waals surface area contributed by atoms with E-state index in [4.69, 9.17) is 22.1 Å². The fourth-order valence-corrected chi connectivity index (χ4v) is 3.41. The van der Waals surface area contributed by atoms with Crippen molar-refractivity contribution in [2.24, 2.45) is 16.6 Å². The van der Waals surface area contributed by atoms with Gasteiger partial charge in [0.2, 0.25) is 0 Å². The zero-order valence-corrected chi connectivity index (χ0v) is 17.2. The Bertz CT molecular complexity index is 578. The van der Waals surface area contributed by atoms with Crippen molar-refractivity contribution >= 4 is 47.2 Å². The monoisotopic (exact) mass is 464 g/mol. The number of anilines is 1. The van der Waals surface area contributed by atoms with Gasteiger partial charge in [0.25, 0.3) is 0 Å². The van der Waals surface area contributed by atoms with Crippen molar-refractivity contribution in [1.29, 1.82) is 0 Å². The van der Waals surface area contributed by atoms with Crippen molar-refractivity contribution in [2.45, 2.75) is 13.3 Å². The normalized spacial score (nSPS) is 21.8. The average Bonchev–Trinajstić information content (AvgIpc) is 3.04. The summed E-state index contributed by atoms with van der Waals surface area (Å²) in [5.74, 6) is 1.21. The minimum atomic E-state index is 0. The van der Waals surface area contributed by atoms with Gasteiger partial charge in [0.05, 0.1) is 13.2 Å². The Labute approximate surface area is 166 Å². The number of halogens is 2. The zero-order chi connectivity index (χ0) is 16.2. The number of ether oxygens (including phenoxy) is 1. The molecule has 0 aromatic heterocycles. The van der Waals surface area contributed by atoms with Gasteiger partial charge in [-0.15, -0.1) is 24.0 Å². The number of morpholine rings is 1. The molecule has 5 nitrogen and oxygen atoms in total. The standard InChI is InChI=1S/C17H25ClN4O.HI/c1-13-2-3-15(18)10-16(13)22-5-4-14(12-22)11-20-17(19)21-6-8-23-9-7-21;/h2-3,10,14H,4-9,11-12H2,1H3,(H2,19,20);1H. The molecule has 2 saturated heterocycles. The largest absolute Gasteiger partial charge is 0.378 e. The number of hydrogen-bond acceptors (Lipinski definition) is 3. The predicted octanol–water partition coefficient (Wildman–Crippen LogP) is 2.74. The van der Waals surface area contributed by atoms with Crippen LogP contribution < -0.4 is 10.6 Å². The lowest BCUT2D eigenvalue weighted by Crippen LogP contribution is -2.45. The summed E-state index contributed by atoms with van der Waals surface area (Å²) in [4.78, 5) is 9.13. The maximum Gasteiger partial charge on any atom is 0.191 e. The molecule has 7 heteroatoms. The first-order valence-corrected chi connectivity index (χ1v) is 8.65. The van der Waals surface area contributed by atoms with Gasteiger partial charge in [-0.25, -0.2) is 0 Å². The van der Waals surface area contributed by atoms with Crippen LogP contribution >= 0.6 is 35.6 Å². The highest BCUT2D eigenvalue weighted by molar-refractivity contribution is 14.0. The second-order valence-electron chi connectivity index (χ2n) is 6.33. The number of benzene rings is 1. The molecule has 0 amide bonds. The van der Waals surface area contributed by atoms with Gasteiger partial charge >= 0.3 is 0 Å². The Balaban J connectivity index is 0.00000208. The van der Waals surface area contributed by atoms with Crippen LogP contribution in [-0.2, 0) is 4.74 Å². The topological polar surface area (TPSA) is 54.1 Å². The van der Waals surface area contributed by atoms with Gasteiger partial charge in [-0.3, -0.25) is 4.99 Å². The lowest BCUT2D eigenvalue weighted by molar-refractivity contribution is 0.0674. The van der Waals surface area contributed by atoms with E-state index in [1.165, 1.54) is 11.3 Å². The lowest BCUT2D eigenvalue weighted by Gasteiger charge is -2.27. The van der Waals surface area contributed by atoms with E-state index in [-0.39, 0.29) is 24.0 Å². The number of hydrogen-bond donors (Lipinski definition) is 1. The summed E-state index contributed by atoms with van der Waals surface area (Å²) in [6, 6.07) is 6.09. The number of rotatable bonds is 3. The van der Waals surface area contributed by atoms with Crippen LogP contribution in [0, 0.1) is 12.8 Å². The first kappa shape index (κ1) is 19.6. The van der Waals surface area contributed by atoms with Crippen LogP contribution in [0.5, 0.6) is 0 Å². The Morgan fingerprint density at radius 1 is 1.33 bits per heavy atom. The molecule has 0 spiro atoms. The number of guanidine groups is 1. The van der Waals surface area contributed by atoms with Gasteiger partial charge in [-0.05, 0) is 37.0 Å². The molecule has 0 radical (unpaired) electrons. The van der Waals surface area contributed by atoms with Gasteiger partial charge in [0.1, 0.15) is 0 Å². The minimum absolute atomic E-state index is 0. The molecule has 3 rings (SSSR count). The number of aryl methyl sites for hydroxylation is 1. The first-order chi connectivity index (χ1) is 11.1. The van der Waals surface area contributed by atoms with Crippen molar-refractivity contribution in [3.05, 3.63) is 28.8 Å². The third kappa shape index (κ3) is 4.89. The van der Waals surface area contributed by atoms with Gasteiger partial charge in [-0.1, -0.05) is 17.7 Å². The van der Waals surface area contributed by atoms with Crippen LogP contribution in [0.15, 0.2) is 23.2 Å². The highest BCUT2D eigenvalue weighted by Crippen LogP contribution is 2.29. The predicted molar refractivity (Wildman–Crippen MR) is 111 cm³/mol. The number of nitrogens with two attached hydrogens (primary N) is 1. The molecule has 1 unspecified atom stereocenters. The molecule has 2 heterocycles. The Morgan fingerprint density at radius 3 is 2.83 bits per heavy atom. The fourth-order valence-electron chi connectivity index (χ4n) is 3.24. The Hall–Kier alpha value is -0.730. The molecule has 1 aromatic rings. The van der Waals surface area contributed by atoms with Gasteiger partial charge in [0.15, 0.2) is 5.96 Å². The van der Waals surface area contributed by atoms with Crippen LogP contribution in [0.1, 0.15) is 12.0 Å². The van der Waals surface area contributed by atoms with E-state index < -0.39 is 0 Å². The Kier molecular flexibility index (Phi) is 7.43. The average molecular weight is 465 g/mol. The summed E-state index contributed by atoms with van der Waals surface area (Å²) in [6.45, 7) is 8.15. The van der Waals surface area contributed by atoms with Crippen molar-refractivity contribution in [2.75, 3.05) is 50.8 Å². The molecule has 1 aromatic carbocycles. The van der Waals surface area contributed by atoms with Crippen molar-refractivity contribution < 1.29 is 4.74 Å².